The van der Waals surface area contributed by atoms with E-state index >= 15 is 0 Å². The second kappa shape index (κ2) is 18.3. The first-order valence-electron chi connectivity index (χ1n) is 29.0. The number of hydrogen-bond donors (Lipinski definition) is 0. The van der Waals surface area contributed by atoms with Crippen molar-refractivity contribution in [3.8, 4) is 100 Å². The lowest BCUT2D eigenvalue weighted by molar-refractivity contribution is 0.660. The molecule has 0 amide bonds. The van der Waals surface area contributed by atoms with Gasteiger partial charge in [0.2, 0.25) is 0 Å². The first kappa shape index (κ1) is 48.1. The van der Waals surface area contributed by atoms with Crippen molar-refractivity contribution in [3.05, 3.63) is 301 Å². The second-order valence-corrected chi connectivity index (χ2v) is 23.8. The first-order chi connectivity index (χ1) is 40.2. The quantitative estimate of drug-likeness (QED) is 0.140. The SMILES string of the molecule is CC1(C)c2cc(-c3ccc4c(c3)C(C)(C)c3cc(-c5c6ccccc6c(-c6ccccc6)c6c(-c7ccccc7)cccc56)ccc3-4)ccc2-c2ccc(-c3c4ccccc4c(-c4ccccc4)c4c(-c5ccccc5)cccc34)cc21. The third kappa shape index (κ3) is 7.17. The van der Waals surface area contributed by atoms with Crippen LogP contribution in [0, 0.1) is 0 Å². The van der Waals surface area contributed by atoms with Gasteiger partial charge in [0.05, 0.1) is 0 Å². The molecule has 0 heterocycles. The van der Waals surface area contributed by atoms with E-state index in [4.69, 9.17) is 0 Å². The van der Waals surface area contributed by atoms with Crippen molar-refractivity contribution in [2.24, 2.45) is 0 Å². The molecular formula is C82H58. The van der Waals surface area contributed by atoms with Crippen LogP contribution >= 0.6 is 0 Å². The third-order valence-corrected chi connectivity index (χ3v) is 18.7. The van der Waals surface area contributed by atoms with Gasteiger partial charge in [-0.3, -0.25) is 0 Å². The molecule has 386 valence electrons. The largest absolute Gasteiger partial charge is 0.0622 e. The van der Waals surface area contributed by atoms with Crippen molar-refractivity contribution in [1.82, 2.24) is 0 Å². The molecule has 0 saturated carbocycles. The maximum absolute atomic E-state index is 2.52. The molecule has 0 fully saturated rings. The van der Waals surface area contributed by atoms with E-state index in [1.54, 1.807) is 0 Å². The number of fused-ring (bicyclic) bond motifs is 10. The Morgan fingerprint density at radius 1 is 0.183 bits per heavy atom. The summed E-state index contributed by atoms with van der Waals surface area (Å²) >= 11 is 0. The summed E-state index contributed by atoms with van der Waals surface area (Å²) in [4.78, 5) is 0. The normalized spacial score (nSPS) is 13.6. The van der Waals surface area contributed by atoms with Crippen LogP contribution in [-0.4, -0.2) is 0 Å². The van der Waals surface area contributed by atoms with E-state index in [-0.39, 0.29) is 10.8 Å². The topological polar surface area (TPSA) is 0 Å². The summed E-state index contributed by atoms with van der Waals surface area (Å²) in [6.07, 6.45) is 0. The summed E-state index contributed by atoms with van der Waals surface area (Å²) in [6, 6.07) is 105. The van der Waals surface area contributed by atoms with Crippen molar-refractivity contribution in [2.45, 2.75) is 38.5 Å². The lowest BCUT2D eigenvalue weighted by atomic mass is 9.78. The van der Waals surface area contributed by atoms with Crippen LogP contribution in [0.5, 0.6) is 0 Å². The molecule has 0 spiro atoms. The highest BCUT2D eigenvalue weighted by Gasteiger charge is 2.39. The second-order valence-electron chi connectivity index (χ2n) is 23.8. The van der Waals surface area contributed by atoms with E-state index in [1.807, 2.05) is 0 Å². The summed E-state index contributed by atoms with van der Waals surface area (Å²) in [7, 11) is 0. The van der Waals surface area contributed by atoms with Crippen molar-refractivity contribution in [1.29, 1.82) is 0 Å². The van der Waals surface area contributed by atoms with Gasteiger partial charge in [0, 0.05) is 10.8 Å². The average molecular weight is 1040 g/mol. The first-order valence-corrected chi connectivity index (χ1v) is 29.0. The van der Waals surface area contributed by atoms with Gasteiger partial charge in [0.1, 0.15) is 0 Å². The molecule has 2 aliphatic carbocycles. The van der Waals surface area contributed by atoms with Crippen molar-refractivity contribution < 1.29 is 0 Å². The molecule has 82 heavy (non-hydrogen) atoms. The van der Waals surface area contributed by atoms with Crippen molar-refractivity contribution in [3.63, 3.8) is 0 Å². The zero-order valence-electron chi connectivity index (χ0n) is 46.6. The molecule has 0 nitrogen and oxygen atoms in total. The molecule has 2 aliphatic rings. The van der Waals surface area contributed by atoms with Crippen LogP contribution in [0.15, 0.2) is 279 Å². The molecule has 0 aromatic heterocycles. The highest BCUT2D eigenvalue weighted by atomic mass is 14.4. The maximum Gasteiger partial charge on any atom is 0.0159 e. The zero-order chi connectivity index (χ0) is 54.8. The van der Waals surface area contributed by atoms with Gasteiger partial charge in [-0.25, -0.2) is 0 Å². The Kier molecular flexibility index (Phi) is 10.7. The van der Waals surface area contributed by atoms with Gasteiger partial charge in [-0.2, -0.15) is 0 Å². The fraction of sp³-hybridized carbons (Fsp3) is 0.0732. The summed E-state index contributed by atoms with van der Waals surface area (Å²) in [5.74, 6) is 0. The molecule has 0 N–H and O–H groups in total. The van der Waals surface area contributed by atoms with E-state index in [9.17, 15) is 0 Å². The fourth-order valence-electron chi connectivity index (χ4n) is 14.8. The Labute approximate surface area is 480 Å². The Bertz CT molecular complexity index is 4610. The van der Waals surface area contributed by atoms with Gasteiger partial charge < -0.3 is 0 Å². The maximum atomic E-state index is 2.52. The highest BCUT2D eigenvalue weighted by Crippen LogP contribution is 2.56. The molecule has 16 rings (SSSR count). The molecule has 14 aromatic rings. The van der Waals surface area contributed by atoms with Crippen LogP contribution < -0.4 is 0 Å². The molecule has 0 atom stereocenters. The molecule has 0 radical (unpaired) electrons. The van der Waals surface area contributed by atoms with Gasteiger partial charge in [-0.05, 0) is 190 Å². The summed E-state index contributed by atoms with van der Waals surface area (Å²) in [6.45, 7) is 9.71. The smallest absolute Gasteiger partial charge is 0.0159 e. The van der Waals surface area contributed by atoms with Gasteiger partial charge >= 0.3 is 0 Å². The minimum Gasteiger partial charge on any atom is -0.0622 e. The Morgan fingerprint density at radius 3 is 0.793 bits per heavy atom. The molecule has 0 bridgehead atoms. The third-order valence-electron chi connectivity index (χ3n) is 18.7. The molecular weight excluding hydrogens is 985 g/mol. The molecule has 0 saturated heterocycles. The van der Waals surface area contributed by atoms with Gasteiger partial charge in [0.25, 0.3) is 0 Å². The summed E-state index contributed by atoms with van der Waals surface area (Å²) in [5, 5.41) is 10.2. The van der Waals surface area contributed by atoms with Crippen LogP contribution in [0.3, 0.4) is 0 Å². The van der Waals surface area contributed by atoms with Crippen LogP contribution in [-0.2, 0) is 10.8 Å². The van der Waals surface area contributed by atoms with Gasteiger partial charge in [0.15, 0.2) is 0 Å². The van der Waals surface area contributed by atoms with Crippen LogP contribution in [0.2, 0.25) is 0 Å². The van der Waals surface area contributed by atoms with Gasteiger partial charge in [-0.15, -0.1) is 0 Å². The van der Waals surface area contributed by atoms with Crippen LogP contribution in [0.25, 0.3) is 143 Å². The lowest BCUT2D eigenvalue weighted by Gasteiger charge is -2.24. The standard InChI is InChI=1S/C82H58/c1-81(2)71-47-55(39-43-61(71)63-45-41-57(49-73(63)81)75-65-31-17-19-33-67(65)77(53-27-13-7-14-28-53)79-59(35-21-37-69(75)79)51-23-9-5-10-24-51)56-40-44-62-64-46-42-58(50-74(64)82(3,4)72(62)48-56)76-66-32-18-20-34-68(66)78(54-29-15-8-16-30-54)80-60(36-22-38-70(76)80)52-25-11-6-12-26-52/h5-50H,1-4H3. The fourth-order valence-corrected chi connectivity index (χ4v) is 14.8. The molecule has 0 unspecified atom stereocenters. The Morgan fingerprint density at radius 2 is 0.451 bits per heavy atom. The number of benzene rings is 14. The van der Waals surface area contributed by atoms with E-state index in [0.717, 1.165) is 0 Å². The Balaban J connectivity index is 0.790. The van der Waals surface area contributed by atoms with E-state index in [1.165, 1.54) is 165 Å². The van der Waals surface area contributed by atoms with Crippen LogP contribution in [0.4, 0.5) is 0 Å². The van der Waals surface area contributed by atoms with E-state index in [2.05, 4.69) is 307 Å². The molecule has 0 heteroatoms. The minimum absolute atomic E-state index is 0.236. The van der Waals surface area contributed by atoms with E-state index in [0.29, 0.717) is 0 Å². The lowest BCUT2D eigenvalue weighted by Crippen LogP contribution is -2.15. The minimum atomic E-state index is -0.236. The number of hydrogen-bond acceptors (Lipinski definition) is 0. The van der Waals surface area contributed by atoms with Crippen molar-refractivity contribution >= 4 is 43.1 Å². The summed E-state index contributed by atoms with van der Waals surface area (Å²) < 4.78 is 0. The predicted molar refractivity (Wildman–Crippen MR) is 350 cm³/mol. The van der Waals surface area contributed by atoms with Crippen molar-refractivity contribution in [2.75, 3.05) is 0 Å². The molecule has 14 aromatic carbocycles. The van der Waals surface area contributed by atoms with Gasteiger partial charge in [-0.1, -0.05) is 282 Å². The Hall–Kier alpha value is -9.88. The molecule has 0 aliphatic heterocycles. The predicted octanol–water partition coefficient (Wildman–Crippen LogP) is 22.6. The van der Waals surface area contributed by atoms with E-state index < -0.39 is 0 Å². The summed E-state index contributed by atoms with van der Waals surface area (Å²) in [5.41, 5.74) is 27.8. The van der Waals surface area contributed by atoms with Crippen LogP contribution in [0.1, 0.15) is 49.9 Å². The monoisotopic (exact) mass is 1040 g/mol. The number of rotatable bonds is 7. The average Bonchev–Trinajstić information content (AvgIpc) is 3.79. The zero-order valence-corrected chi connectivity index (χ0v) is 46.6. The highest BCUT2D eigenvalue weighted by molar-refractivity contribution is 6.26.